The molecule has 3 rings (SSSR count). The molecule has 5 heteroatoms. The van der Waals surface area contributed by atoms with E-state index in [1.165, 1.54) is 0 Å². The Balaban J connectivity index is 0.00000176. The van der Waals surface area contributed by atoms with E-state index in [1.54, 1.807) is 0 Å². The molecular weight excluding hydrogens is 301 g/mol. The van der Waals surface area contributed by atoms with Gasteiger partial charge in [0.15, 0.2) is 0 Å². The first-order valence-electron chi connectivity index (χ1n) is 6.40. The Kier molecular flexibility index (Phi) is 5.83. The zero-order valence-corrected chi connectivity index (χ0v) is 15.1. The first-order valence-corrected chi connectivity index (χ1v) is 6.40. The first-order chi connectivity index (χ1) is 10.3. The number of aromatic nitrogens is 2. The van der Waals surface area contributed by atoms with E-state index in [0.717, 1.165) is 11.1 Å². The van der Waals surface area contributed by atoms with Crippen molar-refractivity contribution < 1.29 is 51.4 Å². The molecule has 4 nitrogen and oxygen atoms in total. The maximum atomic E-state index is 11.8. The molecule has 0 radical (unpaired) electrons. The van der Waals surface area contributed by atoms with Crippen LogP contribution < -0.4 is 62.0 Å². The zero-order chi connectivity index (χ0) is 14.7. The van der Waals surface area contributed by atoms with Crippen LogP contribution in [0.5, 0.6) is 0 Å². The minimum Gasteiger partial charge on any atom is -0.539 e. The number of nitrogens with zero attached hydrogens (tertiary/aromatic N) is 3. The van der Waals surface area contributed by atoms with Crippen molar-refractivity contribution in [3.05, 3.63) is 76.6 Å². The molecule has 0 saturated heterocycles. The van der Waals surface area contributed by atoms with Gasteiger partial charge >= 0.3 is 51.4 Å². The van der Waals surface area contributed by atoms with Crippen LogP contribution >= 0.6 is 0 Å². The van der Waals surface area contributed by atoms with Crippen molar-refractivity contribution in [1.82, 2.24) is 10.2 Å². The monoisotopic (exact) mass is 311 g/mol. The third-order valence-electron chi connectivity index (χ3n) is 3.16. The molecule has 100 valence electrons. The van der Waals surface area contributed by atoms with E-state index < -0.39 is 5.56 Å². The molecule has 1 aromatic heterocycles. The molecule has 2 aromatic carbocycles. The van der Waals surface area contributed by atoms with Crippen LogP contribution in [-0.4, -0.2) is 5.10 Å². The van der Waals surface area contributed by atoms with Gasteiger partial charge in [-0.1, -0.05) is 60.7 Å². The fourth-order valence-corrected chi connectivity index (χ4v) is 2.21. The summed E-state index contributed by atoms with van der Waals surface area (Å²) < 4.78 is 0. The third-order valence-corrected chi connectivity index (χ3v) is 3.16. The Labute approximate surface area is 170 Å². The number of nitriles is 1. The quantitative estimate of drug-likeness (QED) is 0.605. The normalized spacial score (nSPS) is 9.59. The van der Waals surface area contributed by atoms with Gasteiger partial charge in [0.1, 0.15) is 11.6 Å². The van der Waals surface area contributed by atoms with Crippen molar-refractivity contribution in [2.24, 2.45) is 0 Å². The van der Waals surface area contributed by atoms with E-state index in [4.69, 9.17) is 0 Å². The predicted octanol–water partition coefficient (Wildman–Crippen LogP) is -0.391. The molecule has 0 fully saturated rings. The molecule has 0 aliphatic rings. The molecule has 0 N–H and O–H groups in total. The Morgan fingerprint density at radius 3 is 2.00 bits per heavy atom. The van der Waals surface area contributed by atoms with Crippen molar-refractivity contribution in [2.75, 3.05) is 0 Å². The van der Waals surface area contributed by atoms with E-state index in [1.807, 2.05) is 66.7 Å². The van der Waals surface area contributed by atoms with Crippen LogP contribution in [0.3, 0.4) is 0 Å². The van der Waals surface area contributed by atoms with Gasteiger partial charge in [0.25, 0.3) is 0 Å². The fourth-order valence-electron chi connectivity index (χ4n) is 2.21. The van der Waals surface area contributed by atoms with Gasteiger partial charge in [0.05, 0.1) is 11.3 Å². The van der Waals surface area contributed by atoms with Gasteiger partial charge in [-0.2, -0.15) is 5.26 Å². The molecule has 1 heterocycles. The van der Waals surface area contributed by atoms with E-state index in [-0.39, 0.29) is 56.9 Å². The summed E-state index contributed by atoms with van der Waals surface area (Å²) in [5.41, 5.74) is 2.09. The van der Waals surface area contributed by atoms with Crippen LogP contribution in [0.1, 0.15) is 5.56 Å². The first kappa shape index (κ1) is 16.8. The van der Waals surface area contributed by atoms with Gasteiger partial charge < -0.3 is 15.0 Å². The maximum Gasteiger partial charge on any atom is 1.00 e. The van der Waals surface area contributed by atoms with Gasteiger partial charge in [-0.3, -0.25) is 0 Å². The number of benzene rings is 2. The second-order valence-corrected chi connectivity index (χ2v) is 4.45. The van der Waals surface area contributed by atoms with E-state index >= 15 is 0 Å². The summed E-state index contributed by atoms with van der Waals surface area (Å²) in [7, 11) is 0. The summed E-state index contributed by atoms with van der Waals surface area (Å²) >= 11 is 0. The van der Waals surface area contributed by atoms with Crippen LogP contribution in [-0.2, 0) is 0 Å². The second kappa shape index (κ2) is 7.63. The molecule has 0 atom stereocenters. The van der Waals surface area contributed by atoms with Crippen molar-refractivity contribution in [3.8, 4) is 28.5 Å². The minimum absolute atomic E-state index is 0. The summed E-state index contributed by atoms with van der Waals surface area (Å²) in [6, 6.07) is 20.7. The molecule has 0 unspecified atom stereocenters. The van der Waals surface area contributed by atoms with Crippen LogP contribution in [0.25, 0.3) is 22.4 Å². The average Bonchev–Trinajstić information content (AvgIpc) is 2.56. The van der Waals surface area contributed by atoms with Gasteiger partial charge in [-0.05, 0) is 11.1 Å². The summed E-state index contributed by atoms with van der Waals surface area (Å²) in [6.45, 7) is 0. The predicted molar refractivity (Wildman–Crippen MR) is 79.4 cm³/mol. The summed E-state index contributed by atoms with van der Waals surface area (Å²) in [5.74, 6) is 0. The summed E-state index contributed by atoms with van der Waals surface area (Å²) in [5, 5.41) is 16.9. The van der Waals surface area contributed by atoms with Gasteiger partial charge in [-0.25, -0.2) is 0 Å². The molecule has 0 saturated carbocycles. The standard InChI is InChI=1S/C17H11N3O.K/c18-11-14-15(12-7-3-1-4-8-12)16(19-20-17(14)21)13-9-5-2-6-10-13;/h1-10H,(H,20,21);/q;+1/p-1. The van der Waals surface area contributed by atoms with Gasteiger partial charge in [0.2, 0.25) is 0 Å². The zero-order valence-electron chi connectivity index (χ0n) is 12.0. The Bertz CT molecular complexity index is 868. The molecule has 0 aliphatic heterocycles. The molecule has 3 aromatic rings. The Morgan fingerprint density at radius 1 is 0.909 bits per heavy atom. The Hall–Kier alpha value is -1.55. The average molecular weight is 311 g/mol. The summed E-state index contributed by atoms with van der Waals surface area (Å²) in [4.78, 5) is 11.8. The van der Waals surface area contributed by atoms with Crippen LogP contribution in [0.4, 0.5) is 0 Å². The molecule has 0 amide bonds. The molecular formula is C17H10KN3O. The van der Waals surface area contributed by atoms with E-state index in [9.17, 15) is 10.1 Å². The van der Waals surface area contributed by atoms with Crippen LogP contribution in [0, 0.1) is 11.3 Å². The van der Waals surface area contributed by atoms with Gasteiger partial charge in [0, 0.05) is 5.56 Å². The number of hydrogen-bond donors (Lipinski definition) is 0. The minimum atomic E-state index is -0.601. The van der Waals surface area contributed by atoms with E-state index in [0.29, 0.717) is 11.3 Å². The maximum absolute atomic E-state index is 11.8. The SMILES string of the molecule is N#Cc1c(-c2ccccc2)c(-c2ccccc2)n[n-]c1=O.[K+]. The fraction of sp³-hybridized carbons (Fsp3) is 0. The largest absolute Gasteiger partial charge is 1.00 e. The number of hydrogen-bond acceptors (Lipinski definition) is 3. The Morgan fingerprint density at radius 2 is 1.45 bits per heavy atom. The van der Waals surface area contributed by atoms with Crippen molar-refractivity contribution in [2.45, 2.75) is 0 Å². The van der Waals surface area contributed by atoms with Crippen LogP contribution in [0.2, 0.25) is 0 Å². The molecule has 0 spiro atoms. The van der Waals surface area contributed by atoms with Gasteiger partial charge in [-0.15, -0.1) is 0 Å². The van der Waals surface area contributed by atoms with Crippen molar-refractivity contribution in [1.29, 1.82) is 5.26 Å². The topological polar surface area (TPSA) is 67.8 Å². The van der Waals surface area contributed by atoms with Crippen molar-refractivity contribution >= 4 is 0 Å². The molecule has 0 bridgehead atoms. The summed E-state index contributed by atoms with van der Waals surface area (Å²) in [6.07, 6.45) is 0. The molecule has 0 aliphatic carbocycles. The van der Waals surface area contributed by atoms with Crippen molar-refractivity contribution in [3.63, 3.8) is 0 Å². The van der Waals surface area contributed by atoms with Crippen LogP contribution in [0.15, 0.2) is 65.5 Å². The molecule has 22 heavy (non-hydrogen) atoms. The smallest absolute Gasteiger partial charge is 0.539 e. The van der Waals surface area contributed by atoms with E-state index in [2.05, 4.69) is 10.2 Å². The second-order valence-electron chi connectivity index (χ2n) is 4.45. The third kappa shape index (κ3) is 3.27. The number of rotatable bonds is 2.